The van der Waals surface area contributed by atoms with Crippen molar-refractivity contribution in [3.8, 4) is 5.75 Å². The Bertz CT molecular complexity index is 610. The molecule has 0 unspecified atom stereocenters. The van der Waals surface area contributed by atoms with Crippen molar-refractivity contribution in [1.29, 1.82) is 0 Å². The Morgan fingerprint density at radius 2 is 2.05 bits per heavy atom. The maximum absolute atomic E-state index is 12.2. The maximum Gasteiger partial charge on any atom is 0.389 e. The third-order valence-corrected chi connectivity index (χ3v) is 3.48. The van der Waals surface area contributed by atoms with Crippen molar-refractivity contribution < 1.29 is 17.9 Å². The molecular formula is C14H16ClF3N2O. The van der Waals surface area contributed by atoms with E-state index in [0.717, 1.165) is 11.0 Å². The minimum atomic E-state index is -4.10. The highest BCUT2D eigenvalue weighted by Gasteiger charge is 2.25. The molecule has 1 aromatic carbocycles. The van der Waals surface area contributed by atoms with Gasteiger partial charge in [0.2, 0.25) is 0 Å². The molecule has 0 aliphatic heterocycles. The third kappa shape index (κ3) is 4.03. The number of hydrogen-bond donors (Lipinski definition) is 0. The fraction of sp³-hybridized carbons (Fsp3) is 0.500. The van der Waals surface area contributed by atoms with Gasteiger partial charge in [0.25, 0.3) is 0 Å². The lowest BCUT2D eigenvalue weighted by molar-refractivity contribution is -0.135. The van der Waals surface area contributed by atoms with Crippen LogP contribution in [-0.4, -0.2) is 22.8 Å². The molecule has 1 aromatic heterocycles. The van der Waals surface area contributed by atoms with Crippen molar-refractivity contribution in [2.24, 2.45) is 0 Å². The van der Waals surface area contributed by atoms with Crippen LogP contribution >= 0.6 is 11.6 Å². The fourth-order valence-corrected chi connectivity index (χ4v) is 2.43. The van der Waals surface area contributed by atoms with Gasteiger partial charge in [-0.1, -0.05) is 0 Å². The minimum absolute atomic E-state index is 0.0921. The molecule has 0 atom stereocenters. The summed E-state index contributed by atoms with van der Waals surface area (Å²) < 4.78 is 43.5. The summed E-state index contributed by atoms with van der Waals surface area (Å²) in [6, 6.07) is 5.43. The van der Waals surface area contributed by atoms with Crippen molar-refractivity contribution in [1.82, 2.24) is 9.55 Å². The first kappa shape index (κ1) is 15.9. The van der Waals surface area contributed by atoms with Crippen LogP contribution in [0.4, 0.5) is 13.2 Å². The Hall–Kier alpha value is -1.43. The van der Waals surface area contributed by atoms with Crippen molar-refractivity contribution in [2.45, 2.75) is 37.9 Å². The molecule has 21 heavy (non-hydrogen) atoms. The fourth-order valence-electron chi connectivity index (χ4n) is 2.23. The average Bonchev–Trinajstić information content (AvgIpc) is 2.79. The largest absolute Gasteiger partial charge is 0.497 e. The van der Waals surface area contributed by atoms with Crippen LogP contribution in [0.15, 0.2) is 18.2 Å². The highest BCUT2D eigenvalue weighted by molar-refractivity contribution is 6.16. The van der Waals surface area contributed by atoms with Gasteiger partial charge >= 0.3 is 6.18 Å². The zero-order chi connectivity index (χ0) is 15.5. The van der Waals surface area contributed by atoms with Gasteiger partial charge in [0, 0.05) is 19.0 Å². The quantitative estimate of drug-likeness (QED) is 0.578. The summed E-state index contributed by atoms with van der Waals surface area (Å²) in [5.74, 6) is 1.56. The number of imidazole rings is 1. The SMILES string of the molecule is COc1ccc2nc(CCl)n(CCCCC(F)(F)F)c2c1. The lowest BCUT2D eigenvalue weighted by Gasteiger charge is -2.09. The molecule has 0 aliphatic rings. The Labute approximate surface area is 125 Å². The van der Waals surface area contributed by atoms with Crippen LogP contribution in [0.2, 0.25) is 0 Å². The van der Waals surface area contributed by atoms with E-state index in [-0.39, 0.29) is 12.3 Å². The molecule has 0 spiro atoms. The van der Waals surface area contributed by atoms with Crippen LogP contribution in [0.25, 0.3) is 11.0 Å². The first-order chi connectivity index (χ1) is 9.94. The normalized spacial score (nSPS) is 12.0. The first-order valence-corrected chi connectivity index (χ1v) is 7.14. The average molecular weight is 321 g/mol. The Kier molecular flexibility index (Phi) is 4.98. The summed E-state index contributed by atoms with van der Waals surface area (Å²) >= 11 is 5.87. The predicted octanol–water partition coefficient (Wildman–Crippen LogP) is 4.52. The molecule has 2 rings (SSSR count). The van der Waals surface area contributed by atoms with E-state index < -0.39 is 12.6 Å². The van der Waals surface area contributed by atoms with Crippen molar-refractivity contribution in [3.05, 3.63) is 24.0 Å². The zero-order valence-electron chi connectivity index (χ0n) is 11.6. The molecule has 0 fully saturated rings. The number of unbranched alkanes of at least 4 members (excludes halogenated alkanes) is 1. The smallest absolute Gasteiger partial charge is 0.389 e. The van der Waals surface area contributed by atoms with Gasteiger partial charge in [0.05, 0.1) is 24.0 Å². The molecular weight excluding hydrogens is 305 g/mol. The molecule has 0 amide bonds. The summed E-state index contributed by atoms with van der Waals surface area (Å²) in [5, 5.41) is 0. The Morgan fingerprint density at radius 3 is 2.67 bits per heavy atom. The Morgan fingerprint density at radius 1 is 1.29 bits per heavy atom. The number of aromatic nitrogens is 2. The molecule has 116 valence electrons. The van der Waals surface area contributed by atoms with Crippen molar-refractivity contribution in [3.63, 3.8) is 0 Å². The van der Waals surface area contributed by atoms with Crippen LogP contribution in [0.3, 0.4) is 0 Å². The van der Waals surface area contributed by atoms with Crippen molar-refractivity contribution in [2.75, 3.05) is 7.11 Å². The van der Waals surface area contributed by atoms with E-state index in [9.17, 15) is 13.2 Å². The number of fused-ring (bicyclic) bond motifs is 1. The van der Waals surface area contributed by atoms with E-state index in [4.69, 9.17) is 16.3 Å². The van der Waals surface area contributed by atoms with E-state index >= 15 is 0 Å². The monoisotopic (exact) mass is 320 g/mol. The van der Waals surface area contributed by atoms with Gasteiger partial charge in [-0.2, -0.15) is 13.2 Å². The number of benzene rings is 1. The summed E-state index contributed by atoms with van der Waals surface area (Å²) in [4.78, 5) is 4.39. The second-order valence-electron chi connectivity index (χ2n) is 4.74. The number of nitrogens with zero attached hydrogens (tertiary/aromatic N) is 2. The summed E-state index contributed by atoms with van der Waals surface area (Å²) in [7, 11) is 1.56. The molecule has 0 radical (unpaired) electrons. The van der Waals surface area contributed by atoms with Gasteiger partial charge < -0.3 is 9.30 Å². The standard InChI is InChI=1S/C14H16ClF3N2O/c1-21-10-4-5-11-12(8-10)20(13(9-15)19-11)7-3-2-6-14(16,17)18/h4-5,8H,2-3,6-7,9H2,1H3. The van der Waals surface area contributed by atoms with Gasteiger partial charge in [-0.15, -0.1) is 11.6 Å². The summed E-state index contributed by atoms with van der Waals surface area (Å²) in [6.45, 7) is 0.460. The lowest BCUT2D eigenvalue weighted by Crippen LogP contribution is -2.08. The van der Waals surface area contributed by atoms with Gasteiger partial charge in [-0.3, -0.25) is 0 Å². The van der Waals surface area contributed by atoms with Gasteiger partial charge in [0.15, 0.2) is 0 Å². The zero-order valence-corrected chi connectivity index (χ0v) is 12.3. The summed E-state index contributed by atoms with van der Waals surface area (Å²) in [6.07, 6.45) is -4.35. The number of ether oxygens (including phenoxy) is 1. The van der Waals surface area contributed by atoms with Crippen LogP contribution < -0.4 is 4.74 Å². The Balaban J connectivity index is 2.16. The number of methoxy groups -OCH3 is 1. The van der Waals surface area contributed by atoms with Crippen LogP contribution in [0.5, 0.6) is 5.75 Å². The van der Waals surface area contributed by atoms with E-state index in [1.807, 2.05) is 16.7 Å². The molecule has 1 heterocycles. The predicted molar refractivity (Wildman–Crippen MR) is 75.7 cm³/mol. The van der Waals surface area contributed by atoms with E-state index in [1.165, 1.54) is 0 Å². The number of hydrogen-bond acceptors (Lipinski definition) is 2. The molecule has 0 aliphatic carbocycles. The number of halogens is 4. The van der Waals surface area contributed by atoms with Crippen molar-refractivity contribution >= 4 is 22.6 Å². The number of aryl methyl sites for hydroxylation is 1. The molecule has 3 nitrogen and oxygen atoms in total. The van der Waals surface area contributed by atoms with Gasteiger partial charge in [0.1, 0.15) is 11.6 Å². The molecule has 0 N–H and O–H groups in total. The van der Waals surface area contributed by atoms with Crippen LogP contribution in [0, 0.1) is 0 Å². The first-order valence-electron chi connectivity index (χ1n) is 6.60. The van der Waals surface area contributed by atoms with E-state index in [2.05, 4.69) is 4.98 Å². The molecule has 0 saturated carbocycles. The summed E-state index contributed by atoms with van der Waals surface area (Å²) in [5.41, 5.74) is 1.60. The second-order valence-corrected chi connectivity index (χ2v) is 5.01. The van der Waals surface area contributed by atoms with E-state index in [0.29, 0.717) is 24.5 Å². The van der Waals surface area contributed by atoms with E-state index in [1.54, 1.807) is 13.2 Å². The maximum atomic E-state index is 12.2. The number of rotatable bonds is 6. The molecule has 7 heteroatoms. The number of alkyl halides is 4. The van der Waals surface area contributed by atoms with Crippen LogP contribution in [-0.2, 0) is 12.4 Å². The topological polar surface area (TPSA) is 27.1 Å². The van der Waals surface area contributed by atoms with Crippen LogP contribution in [0.1, 0.15) is 25.1 Å². The minimum Gasteiger partial charge on any atom is -0.497 e. The lowest BCUT2D eigenvalue weighted by atomic mass is 10.2. The molecule has 0 saturated heterocycles. The van der Waals surface area contributed by atoms with Gasteiger partial charge in [-0.25, -0.2) is 4.98 Å². The molecule has 0 bridgehead atoms. The van der Waals surface area contributed by atoms with Gasteiger partial charge in [-0.05, 0) is 25.0 Å². The second kappa shape index (κ2) is 6.56. The molecule has 2 aromatic rings. The highest BCUT2D eigenvalue weighted by Crippen LogP contribution is 2.25. The highest BCUT2D eigenvalue weighted by atomic mass is 35.5. The third-order valence-electron chi connectivity index (χ3n) is 3.25.